The van der Waals surface area contributed by atoms with Crippen molar-refractivity contribution >= 4 is 11.0 Å². The largest absolute Gasteiger partial charge is 0.380 e. The molecule has 0 amide bonds. The Hall–Kier alpha value is -1.39. The van der Waals surface area contributed by atoms with Crippen LogP contribution in [0.3, 0.4) is 0 Å². The molecular weight excluding hydrogens is 238 g/mol. The number of benzene rings is 1. The first-order chi connectivity index (χ1) is 9.29. The quantitative estimate of drug-likeness (QED) is 0.809. The lowest BCUT2D eigenvalue weighted by molar-refractivity contribution is 0.145. The van der Waals surface area contributed by atoms with Gasteiger partial charge in [0, 0.05) is 12.6 Å². The van der Waals surface area contributed by atoms with E-state index in [9.17, 15) is 0 Å². The molecule has 0 saturated heterocycles. The third-order valence-electron chi connectivity index (χ3n) is 3.64. The van der Waals surface area contributed by atoms with E-state index in [2.05, 4.69) is 34.7 Å². The fraction of sp³-hybridized carbons (Fsp3) is 0.533. The van der Waals surface area contributed by atoms with Crippen LogP contribution in [0, 0.1) is 6.92 Å². The second-order valence-corrected chi connectivity index (χ2v) is 5.23. The van der Waals surface area contributed by atoms with Gasteiger partial charge < -0.3 is 15.0 Å². The summed E-state index contributed by atoms with van der Waals surface area (Å²) in [6, 6.07) is 7.26. The molecule has 0 bridgehead atoms. The van der Waals surface area contributed by atoms with Gasteiger partial charge in [0.05, 0.1) is 24.2 Å². The van der Waals surface area contributed by atoms with Gasteiger partial charge in [-0.25, -0.2) is 4.98 Å². The van der Waals surface area contributed by atoms with Crippen LogP contribution in [0.2, 0.25) is 0 Å². The molecule has 1 aromatic heterocycles. The lowest BCUT2D eigenvalue weighted by atomic mass is 10.1. The maximum atomic E-state index is 5.43. The number of hydrogen-bond donors (Lipinski definition) is 1. The van der Waals surface area contributed by atoms with E-state index in [0.717, 1.165) is 24.4 Å². The first-order valence-corrected chi connectivity index (χ1v) is 7.05. The fourth-order valence-electron chi connectivity index (χ4n) is 2.59. The van der Waals surface area contributed by atoms with Gasteiger partial charge in [0.2, 0.25) is 0 Å². The summed E-state index contributed by atoms with van der Waals surface area (Å²) in [5.41, 5.74) is 9.06. The van der Waals surface area contributed by atoms with Crippen molar-refractivity contribution in [3.05, 3.63) is 29.6 Å². The highest BCUT2D eigenvalue weighted by Gasteiger charge is 2.26. The summed E-state index contributed by atoms with van der Waals surface area (Å²) in [5.74, 6) is 1.13. The molecule has 1 heterocycles. The summed E-state index contributed by atoms with van der Waals surface area (Å²) >= 11 is 0. The minimum Gasteiger partial charge on any atom is -0.380 e. The zero-order valence-corrected chi connectivity index (χ0v) is 11.4. The SMILES string of the molecule is Cc1nc2cc(CCOCCN)ccc2n1C1CC1. The first kappa shape index (κ1) is 12.6. The predicted octanol–water partition coefficient (Wildman–Crippen LogP) is 2.20. The third kappa shape index (κ3) is 2.65. The van der Waals surface area contributed by atoms with Gasteiger partial charge in [-0.1, -0.05) is 6.07 Å². The van der Waals surface area contributed by atoms with E-state index in [1.807, 2.05) is 0 Å². The van der Waals surface area contributed by atoms with Crippen LogP contribution in [0.15, 0.2) is 18.2 Å². The second kappa shape index (κ2) is 5.31. The molecule has 0 spiro atoms. The van der Waals surface area contributed by atoms with Crippen molar-refractivity contribution in [1.82, 2.24) is 9.55 Å². The van der Waals surface area contributed by atoms with Crippen molar-refractivity contribution in [2.75, 3.05) is 19.8 Å². The number of hydrogen-bond acceptors (Lipinski definition) is 3. The van der Waals surface area contributed by atoms with Crippen LogP contribution in [-0.4, -0.2) is 29.3 Å². The topological polar surface area (TPSA) is 53.1 Å². The Morgan fingerprint density at radius 2 is 2.21 bits per heavy atom. The van der Waals surface area contributed by atoms with Gasteiger partial charge in [-0.15, -0.1) is 0 Å². The van der Waals surface area contributed by atoms with Crippen molar-refractivity contribution in [2.45, 2.75) is 32.2 Å². The standard InChI is InChI=1S/C15H21N3O/c1-11-17-14-10-12(6-8-19-9-7-16)2-5-15(14)18(11)13-3-4-13/h2,5,10,13H,3-4,6-9,16H2,1H3. The van der Waals surface area contributed by atoms with Gasteiger partial charge in [-0.3, -0.25) is 0 Å². The summed E-state index contributed by atoms with van der Waals surface area (Å²) in [7, 11) is 0. The van der Waals surface area contributed by atoms with Crippen molar-refractivity contribution in [3.8, 4) is 0 Å². The molecule has 0 aliphatic heterocycles. The summed E-state index contributed by atoms with van der Waals surface area (Å²) in [4.78, 5) is 4.68. The Bertz CT molecular complexity index is 572. The molecule has 2 aromatic rings. The van der Waals surface area contributed by atoms with Crippen LogP contribution in [0.4, 0.5) is 0 Å². The van der Waals surface area contributed by atoms with Crippen LogP contribution >= 0.6 is 0 Å². The van der Waals surface area contributed by atoms with Gasteiger partial charge in [0.15, 0.2) is 0 Å². The van der Waals surface area contributed by atoms with Gasteiger partial charge in [0.1, 0.15) is 5.82 Å². The molecule has 0 radical (unpaired) electrons. The van der Waals surface area contributed by atoms with E-state index in [-0.39, 0.29) is 0 Å². The lowest BCUT2D eigenvalue weighted by Gasteiger charge is -2.05. The highest BCUT2D eigenvalue weighted by Crippen LogP contribution is 2.38. The van der Waals surface area contributed by atoms with Crippen molar-refractivity contribution in [2.24, 2.45) is 5.73 Å². The number of aromatic nitrogens is 2. The lowest BCUT2D eigenvalue weighted by Crippen LogP contribution is -2.10. The number of nitrogens with zero attached hydrogens (tertiary/aromatic N) is 2. The Kier molecular flexibility index (Phi) is 3.53. The molecule has 4 heteroatoms. The average Bonchev–Trinajstić information content (AvgIpc) is 3.17. The highest BCUT2D eigenvalue weighted by atomic mass is 16.5. The highest BCUT2D eigenvalue weighted by molar-refractivity contribution is 5.77. The molecule has 102 valence electrons. The summed E-state index contributed by atoms with van der Waals surface area (Å²) in [6.45, 7) is 4.05. The van der Waals surface area contributed by atoms with E-state index in [1.54, 1.807) is 0 Å². The van der Waals surface area contributed by atoms with E-state index in [1.165, 1.54) is 23.9 Å². The Labute approximate surface area is 113 Å². The molecule has 1 saturated carbocycles. The van der Waals surface area contributed by atoms with Gasteiger partial charge in [-0.2, -0.15) is 0 Å². The summed E-state index contributed by atoms with van der Waals surface area (Å²) in [5, 5.41) is 0. The number of nitrogens with two attached hydrogens (primary N) is 1. The van der Waals surface area contributed by atoms with Crippen molar-refractivity contribution in [3.63, 3.8) is 0 Å². The molecular formula is C15H21N3O. The van der Waals surface area contributed by atoms with Crippen molar-refractivity contribution in [1.29, 1.82) is 0 Å². The normalized spacial score (nSPS) is 15.3. The van der Waals surface area contributed by atoms with Crippen LogP contribution < -0.4 is 5.73 Å². The molecule has 0 atom stereocenters. The van der Waals surface area contributed by atoms with Crippen LogP contribution in [-0.2, 0) is 11.2 Å². The number of aryl methyl sites for hydroxylation is 1. The summed E-state index contributed by atoms with van der Waals surface area (Å²) < 4.78 is 7.80. The molecule has 4 nitrogen and oxygen atoms in total. The van der Waals surface area contributed by atoms with E-state index in [0.29, 0.717) is 19.2 Å². The number of fused-ring (bicyclic) bond motifs is 1. The first-order valence-electron chi connectivity index (χ1n) is 7.05. The van der Waals surface area contributed by atoms with Gasteiger partial charge in [-0.05, 0) is 43.9 Å². The predicted molar refractivity (Wildman–Crippen MR) is 76.3 cm³/mol. The average molecular weight is 259 g/mol. The zero-order chi connectivity index (χ0) is 13.2. The maximum absolute atomic E-state index is 5.43. The van der Waals surface area contributed by atoms with Crippen LogP contribution in [0.25, 0.3) is 11.0 Å². The smallest absolute Gasteiger partial charge is 0.106 e. The van der Waals surface area contributed by atoms with Crippen LogP contribution in [0.5, 0.6) is 0 Å². The summed E-state index contributed by atoms with van der Waals surface area (Å²) in [6.07, 6.45) is 3.51. The second-order valence-electron chi connectivity index (χ2n) is 5.23. The maximum Gasteiger partial charge on any atom is 0.106 e. The molecule has 1 aliphatic carbocycles. The molecule has 19 heavy (non-hydrogen) atoms. The molecule has 2 N–H and O–H groups in total. The van der Waals surface area contributed by atoms with E-state index < -0.39 is 0 Å². The van der Waals surface area contributed by atoms with Crippen LogP contribution in [0.1, 0.15) is 30.3 Å². The zero-order valence-electron chi connectivity index (χ0n) is 11.4. The third-order valence-corrected chi connectivity index (χ3v) is 3.64. The molecule has 1 aromatic carbocycles. The van der Waals surface area contributed by atoms with E-state index in [4.69, 9.17) is 10.5 Å². The molecule has 3 rings (SSSR count). The molecule has 1 aliphatic rings. The Morgan fingerprint density at radius 3 is 2.95 bits per heavy atom. The monoisotopic (exact) mass is 259 g/mol. The number of ether oxygens (including phenoxy) is 1. The Morgan fingerprint density at radius 1 is 1.37 bits per heavy atom. The fourth-order valence-corrected chi connectivity index (χ4v) is 2.59. The number of imidazole rings is 1. The molecule has 0 unspecified atom stereocenters. The minimum atomic E-state index is 0.587. The minimum absolute atomic E-state index is 0.587. The number of rotatable bonds is 6. The Balaban J connectivity index is 1.77. The van der Waals surface area contributed by atoms with Crippen molar-refractivity contribution < 1.29 is 4.74 Å². The van der Waals surface area contributed by atoms with Gasteiger partial charge in [0.25, 0.3) is 0 Å². The molecule has 1 fully saturated rings. The van der Waals surface area contributed by atoms with E-state index >= 15 is 0 Å². The van der Waals surface area contributed by atoms with Gasteiger partial charge >= 0.3 is 0 Å².